The van der Waals surface area contributed by atoms with Gasteiger partial charge in [0.05, 0.1) is 8.59 Å². The fraction of sp³-hybridized carbons (Fsp3) is 0. The fourth-order valence-corrected chi connectivity index (χ4v) is 2.17. The smallest absolute Gasteiger partial charge is 0.155 e. The summed E-state index contributed by atoms with van der Waals surface area (Å²) in [6, 6.07) is 5.35. The lowest BCUT2D eigenvalue weighted by Gasteiger charge is -2.03. The maximum atomic E-state index is 9.65. The maximum Gasteiger partial charge on any atom is 0.155 e. The van der Waals surface area contributed by atoms with Crippen LogP contribution in [0.15, 0.2) is 24.4 Å². The van der Waals surface area contributed by atoms with E-state index in [2.05, 4.69) is 4.98 Å². The molecule has 0 spiro atoms. The Kier molecular flexibility index (Phi) is 2.29. The summed E-state index contributed by atoms with van der Waals surface area (Å²) in [6.45, 7) is 0. The number of fused-ring (bicyclic) bond motifs is 1. The quantitative estimate of drug-likeness (QED) is 0.758. The molecule has 0 amide bonds. The van der Waals surface area contributed by atoms with Gasteiger partial charge in [0.25, 0.3) is 0 Å². The van der Waals surface area contributed by atoms with Crippen molar-refractivity contribution in [3.63, 3.8) is 0 Å². The number of phenols is 1. The molecule has 1 N–H and O–H groups in total. The lowest BCUT2D eigenvalue weighted by molar-refractivity contribution is 0.476. The van der Waals surface area contributed by atoms with Crippen LogP contribution in [-0.2, 0) is 0 Å². The molecule has 1 aromatic heterocycles. The van der Waals surface area contributed by atoms with Crippen molar-refractivity contribution in [1.82, 2.24) is 4.98 Å². The first-order valence-corrected chi connectivity index (χ1v) is 5.07. The Morgan fingerprint density at radius 1 is 1.46 bits per heavy atom. The number of benzene rings is 1. The van der Waals surface area contributed by atoms with Crippen LogP contribution in [0.3, 0.4) is 0 Å². The van der Waals surface area contributed by atoms with E-state index in [-0.39, 0.29) is 5.75 Å². The van der Waals surface area contributed by atoms with Gasteiger partial charge in [0.2, 0.25) is 0 Å². The number of pyridine rings is 1. The zero-order chi connectivity index (χ0) is 9.42. The number of hydrogen-bond donors (Lipinski definition) is 1. The van der Waals surface area contributed by atoms with Crippen LogP contribution in [0.25, 0.3) is 10.9 Å². The van der Waals surface area contributed by atoms with Crippen LogP contribution in [0.1, 0.15) is 0 Å². The minimum atomic E-state index is 0.195. The minimum Gasteiger partial charge on any atom is -0.505 e. The number of aromatic nitrogens is 1. The highest BCUT2D eigenvalue weighted by molar-refractivity contribution is 14.1. The third-order valence-corrected chi connectivity index (χ3v) is 2.90. The van der Waals surface area contributed by atoms with Crippen LogP contribution in [-0.4, -0.2) is 10.1 Å². The predicted octanol–water partition coefficient (Wildman–Crippen LogP) is 3.20. The first kappa shape index (κ1) is 9.02. The zero-order valence-electron chi connectivity index (χ0n) is 6.46. The molecule has 13 heavy (non-hydrogen) atoms. The van der Waals surface area contributed by atoms with Crippen LogP contribution in [0.4, 0.5) is 0 Å². The van der Waals surface area contributed by atoms with Crippen molar-refractivity contribution in [2.24, 2.45) is 0 Å². The topological polar surface area (TPSA) is 33.1 Å². The summed E-state index contributed by atoms with van der Waals surface area (Å²) in [6.07, 6.45) is 1.63. The summed E-state index contributed by atoms with van der Waals surface area (Å²) < 4.78 is 0.716. The summed E-state index contributed by atoms with van der Waals surface area (Å²) in [5.41, 5.74) is 0.555. The Morgan fingerprint density at radius 3 is 3.00 bits per heavy atom. The van der Waals surface area contributed by atoms with Crippen molar-refractivity contribution in [2.75, 3.05) is 0 Å². The van der Waals surface area contributed by atoms with Crippen molar-refractivity contribution in [1.29, 1.82) is 0 Å². The highest BCUT2D eigenvalue weighted by Gasteiger charge is 2.08. The molecule has 0 saturated carbocycles. The monoisotopic (exact) mass is 299 g/mol. The van der Waals surface area contributed by atoms with Crippen molar-refractivity contribution in [3.8, 4) is 5.75 Å². The molecule has 0 radical (unpaired) electrons. The zero-order valence-corrected chi connectivity index (χ0v) is 9.37. The van der Waals surface area contributed by atoms with E-state index in [1.165, 1.54) is 0 Å². The minimum absolute atomic E-state index is 0.195. The van der Waals surface area contributed by atoms with E-state index in [0.717, 1.165) is 5.39 Å². The lowest BCUT2D eigenvalue weighted by Crippen LogP contribution is -1.83. The molecule has 2 rings (SSSR count). The molecule has 66 valence electrons. The molecule has 2 aromatic rings. The molecule has 4 heteroatoms. The molecule has 0 aliphatic heterocycles. The number of phenolic OH excluding ortho intramolecular Hbond substituents is 1. The molecule has 0 aliphatic rings. The molecule has 1 aromatic carbocycles. The van der Waals surface area contributed by atoms with Crippen molar-refractivity contribution in [3.05, 3.63) is 33.0 Å². The standard InChI is InChI=1S/C9H5ClINO/c10-6-4-7(11)9(13)8-5(6)2-1-3-12-8/h1-4,13H/i11-6. The molecular weight excluding hydrogens is 294 g/mol. The van der Waals surface area contributed by atoms with Gasteiger partial charge in [-0.25, -0.2) is 0 Å². The molecule has 0 fully saturated rings. The average Bonchev–Trinajstić information content (AvgIpc) is 2.15. The fourth-order valence-electron chi connectivity index (χ4n) is 1.16. The van der Waals surface area contributed by atoms with Gasteiger partial charge in [-0.2, -0.15) is 0 Å². The predicted molar refractivity (Wildman–Crippen MR) is 61.1 cm³/mol. The van der Waals surface area contributed by atoms with Gasteiger partial charge in [-0.3, -0.25) is 4.98 Å². The van der Waals surface area contributed by atoms with Crippen LogP contribution in [0.2, 0.25) is 5.02 Å². The van der Waals surface area contributed by atoms with E-state index in [1.54, 1.807) is 18.3 Å². The molecule has 0 bridgehead atoms. The highest BCUT2D eigenvalue weighted by Crippen LogP contribution is 2.33. The van der Waals surface area contributed by atoms with Crippen LogP contribution >= 0.6 is 34.2 Å². The average molecular weight is 300 g/mol. The SMILES string of the molecule is Oc1c([121I])cc(Cl)c2cccnc12. The molecule has 2 nitrogen and oxygen atoms in total. The van der Waals surface area contributed by atoms with E-state index in [0.29, 0.717) is 14.1 Å². The third-order valence-electron chi connectivity index (χ3n) is 1.77. The van der Waals surface area contributed by atoms with Crippen LogP contribution in [0, 0.1) is 3.57 Å². The second-order valence-corrected chi connectivity index (χ2v) is 4.16. The van der Waals surface area contributed by atoms with Gasteiger partial charge >= 0.3 is 0 Å². The van der Waals surface area contributed by atoms with Crippen molar-refractivity contribution >= 4 is 45.1 Å². The van der Waals surface area contributed by atoms with Crippen molar-refractivity contribution in [2.45, 2.75) is 0 Å². The maximum absolute atomic E-state index is 9.65. The number of nitrogens with zero attached hydrogens (tertiary/aromatic N) is 1. The van der Waals surface area contributed by atoms with Gasteiger partial charge < -0.3 is 5.11 Å². The largest absolute Gasteiger partial charge is 0.505 e. The van der Waals surface area contributed by atoms with Gasteiger partial charge in [-0.05, 0) is 40.8 Å². The second-order valence-electron chi connectivity index (χ2n) is 2.59. The van der Waals surface area contributed by atoms with E-state index < -0.39 is 0 Å². The normalized spacial score (nSPS) is 10.6. The molecule has 0 unspecified atom stereocenters. The van der Waals surface area contributed by atoms with Gasteiger partial charge in [0.15, 0.2) is 5.75 Å². The summed E-state index contributed by atoms with van der Waals surface area (Å²) >= 11 is 8.00. The summed E-state index contributed by atoms with van der Waals surface area (Å²) in [5.74, 6) is 0.195. The third kappa shape index (κ3) is 1.46. The number of aromatic hydroxyl groups is 1. The van der Waals surface area contributed by atoms with Gasteiger partial charge in [-0.1, -0.05) is 11.6 Å². The Morgan fingerprint density at radius 2 is 2.23 bits per heavy atom. The highest BCUT2D eigenvalue weighted by atomic mass is 121. The molecular formula is C9H5ClINO. The summed E-state index contributed by atoms with van der Waals surface area (Å²) in [5, 5.41) is 11.0. The Hall–Kier alpha value is -0.550. The Bertz CT molecular complexity index is 472. The number of rotatable bonds is 0. The van der Waals surface area contributed by atoms with E-state index in [1.807, 2.05) is 28.7 Å². The van der Waals surface area contributed by atoms with Crippen LogP contribution < -0.4 is 0 Å². The molecule has 0 saturated heterocycles. The van der Waals surface area contributed by atoms with Crippen molar-refractivity contribution < 1.29 is 5.11 Å². The summed E-state index contributed by atoms with van der Waals surface area (Å²) in [4.78, 5) is 4.06. The molecule has 0 aliphatic carbocycles. The van der Waals surface area contributed by atoms with Crippen LogP contribution in [0.5, 0.6) is 5.75 Å². The van der Waals surface area contributed by atoms with E-state index in [4.69, 9.17) is 11.6 Å². The molecule has 0 atom stereocenters. The second kappa shape index (κ2) is 3.31. The molecule has 1 heterocycles. The Balaban J connectivity index is 2.97. The lowest BCUT2D eigenvalue weighted by atomic mass is 10.2. The summed E-state index contributed by atoms with van der Waals surface area (Å²) in [7, 11) is 0. The van der Waals surface area contributed by atoms with Gasteiger partial charge in [0, 0.05) is 11.6 Å². The Labute approximate surface area is 93.7 Å². The first-order chi connectivity index (χ1) is 6.20. The van der Waals surface area contributed by atoms with Gasteiger partial charge in [0.1, 0.15) is 5.52 Å². The van der Waals surface area contributed by atoms with E-state index in [9.17, 15) is 5.11 Å². The first-order valence-electron chi connectivity index (χ1n) is 3.62. The van der Waals surface area contributed by atoms with E-state index >= 15 is 0 Å². The van der Waals surface area contributed by atoms with Gasteiger partial charge in [-0.15, -0.1) is 0 Å². The number of hydrogen-bond acceptors (Lipinski definition) is 2. The number of halogens is 2.